The molecule has 3 aromatic heterocycles. The first-order valence-electron chi connectivity index (χ1n) is 26.8. The van der Waals surface area contributed by atoms with Crippen molar-refractivity contribution < 1.29 is 25.8 Å². The summed E-state index contributed by atoms with van der Waals surface area (Å²) in [6.07, 6.45) is 5.31. The Bertz CT molecular complexity index is 4180. The van der Waals surface area contributed by atoms with Crippen LogP contribution in [0.5, 0.6) is 11.5 Å². The van der Waals surface area contributed by atoms with Gasteiger partial charge in [-0.15, -0.1) is 48.1 Å². The first-order chi connectivity index (χ1) is 37.7. The van der Waals surface area contributed by atoms with Crippen molar-refractivity contribution in [2.24, 2.45) is 0 Å². The molecular weight excluding hydrogens is 1140 g/mol. The number of rotatable bonds is 9. The zero-order valence-corrected chi connectivity index (χ0v) is 46.2. The van der Waals surface area contributed by atoms with Crippen LogP contribution < -0.4 is 14.5 Å². The number of pyridine rings is 1. The third kappa shape index (κ3) is 8.58. The van der Waals surface area contributed by atoms with Crippen LogP contribution in [0.15, 0.2) is 206 Å². The molecule has 14 rings (SSSR count). The number of anilines is 4. The number of hydrogen-bond donors (Lipinski definition) is 0. The molecule has 8 heteroatoms. The van der Waals surface area contributed by atoms with Gasteiger partial charge in [0, 0.05) is 91.0 Å². The van der Waals surface area contributed by atoms with Crippen LogP contribution in [0.25, 0.3) is 83.2 Å². The molecule has 0 amide bonds. The monoisotopic (exact) mass is 1190 g/mol. The maximum absolute atomic E-state index is 6.87. The summed E-state index contributed by atoms with van der Waals surface area (Å²) in [7, 11) is 0. The second-order valence-corrected chi connectivity index (χ2v) is 21.4. The number of aryl methyl sites for hydroxylation is 3. The zero-order valence-electron chi connectivity index (χ0n) is 43.9. The minimum absolute atomic E-state index is 0. The molecule has 2 aliphatic rings. The fraction of sp³-hybridized carbons (Fsp3) is 0.129. The van der Waals surface area contributed by atoms with E-state index >= 15 is 0 Å². The van der Waals surface area contributed by atoms with Gasteiger partial charge in [-0.3, -0.25) is 0 Å². The van der Waals surface area contributed by atoms with Crippen molar-refractivity contribution in [1.29, 1.82) is 0 Å². The fourth-order valence-corrected chi connectivity index (χ4v) is 11.7. The number of imidazole rings is 1. The molecule has 9 aromatic carbocycles. The molecule has 0 saturated heterocycles. The van der Waals surface area contributed by atoms with Gasteiger partial charge < -0.3 is 23.7 Å². The van der Waals surface area contributed by atoms with Gasteiger partial charge in [-0.25, -0.2) is 9.97 Å². The molecule has 7 nitrogen and oxygen atoms in total. The van der Waals surface area contributed by atoms with Crippen LogP contribution in [0.3, 0.4) is 0 Å². The summed E-state index contributed by atoms with van der Waals surface area (Å²) in [5.41, 5.74) is 19.7. The fourth-order valence-electron chi connectivity index (χ4n) is 11.7. The minimum atomic E-state index is -0.0390. The predicted octanol–water partition coefficient (Wildman–Crippen LogP) is 17.9. The topological polar surface area (TPSA) is 51.4 Å². The zero-order chi connectivity index (χ0) is 51.8. The molecule has 78 heavy (non-hydrogen) atoms. The van der Waals surface area contributed by atoms with Gasteiger partial charge in [0.15, 0.2) is 0 Å². The van der Waals surface area contributed by atoms with Gasteiger partial charge in [0.2, 0.25) is 0 Å². The molecule has 0 fully saturated rings. The van der Waals surface area contributed by atoms with E-state index in [9.17, 15) is 0 Å². The molecule has 0 aliphatic carbocycles. The van der Waals surface area contributed by atoms with Crippen molar-refractivity contribution in [3.63, 3.8) is 0 Å². The summed E-state index contributed by atoms with van der Waals surface area (Å²) >= 11 is 0. The van der Waals surface area contributed by atoms with E-state index in [2.05, 4.69) is 247 Å². The van der Waals surface area contributed by atoms with Crippen molar-refractivity contribution in [2.75, 3.05) is 9.80 Å². The molecule has 0 atom stereocenters. The van der Waals surface area contributed by atoms with E-state index in [1.807, 2.05) is 24.4 Å². The van der Waals surface area contributed by atoms with Crippen LogP contribution in [0.2, 0.25) is 0 Å². The maximum atomic E-state index is 6.87. The average Bonchev–Trinajstić information content (AvgIpc) is 4.34. The number of hydrogen-bond acceptors (Lipinski definition) is 5. The first-order valence-corrected chi connectivity index (χ1v) is 26.8. The molecule has 0 spiro atoms. The largest absolute Gasteiger partial charge is 0.509 e. The van der Waals surface area contributed by atoms with Gasteiger partial charge in [-0.1, -0.05) is 172 Å². The molecule has 5 heterocycles. The van der Waals surface area contributed by atoms with Gasteiger partial charge in [-0.2, -0.15) is 12.1 Å². The molecule has 0 saturated carbocycles. The van der Waals surface area contributed by atoms with Crippen LogP contribution in [0, 0.1) is 25.7 Å². The third-order valence-corrected chi connectivity index (χ3v) is 15.5. The van der Waals surface area contributed by atoms with Crippen LogP contribution in [0.1, 0.15) is 50.6 Å². The average molecular weight is 1190 g/mol. The van der Waals surface area contributed by atoms with E-state index < -0.39 is 0 Å². The summed E-state index contributed by atoms with van der Waals surface area (Å²) < 4.78 is 11.5. The van der Waals surface area contributed by atoms with Gasteiger partial charge >= 0.3 is 0 Å². The summed E-state index contributed by atoms with van der Waals surface area (Å²) in [5.74, 6) is 3.13. The Labute approximate surface area is 470 Å². The summed E-state index contributed by atoms with van der Waals surface area (Å²) in [6, 6.07) is 78.6. The second kappa shape index (κ2) is 19.8. The Morgan fingerprint density at radius 2 is 1.19 bits per heavy atom. The van der Waals surface area contributed by atoms with Crippen molar-refractivity contribution in [2.45, 2.75) is 58.9 Å². The number of ether oxygens (including phenoxy) is 1. The van der Waals surface area contributed by atoms with Crippen LogP contribution in [-0.2, 0) is 39.4 Å². The van der Waals surface area contributed by atoms with Crippen LogP contribution in [-0.4, -0.2) is 19.1 Å². The molecule has 0 unspecified atom stereocenters. The van der Waals surface area contributed by atoms with E-state index in [0.29, 0.717) is 11.5 Å². The van der Waals surface area contributed by atoms with Crippen molar-refractivity contribution in [1.82, 2.24) is 19.1 Å². The normalized spacial score (nSPS) is 13.2. The van der Waals surface area contributed by atoms with Crippen molar-refractivity contribution in [3.8, 4) is 61.8 Å². The van der Waals surface area contributed by atoms with Crippen LogP contribution in [0.4, 0.5) is 22.7 Å². The van der Waals surface area contributed by atoms with Gasteiger partial charge in [0.1, 0.15) is 11.6 Å². The number of benzene rings is 9. The van der Waals surface area contributed by atoms with E-state index in [-0.39, 0.29) is 26.5 Å². The molecule has 384 valence electrons. The van der Waals surface area contributed by atoms with E-state index in [0.717, 1.165) is 132 Å². The predicted molar refractivity (Wildman–Crippen MR) is 316 cm³/mol. The minimum Gasteiger partial charge on any atom is -0.509 e. The Morgan fingerprint density at radius 1 is 0.551 bits per heavy atom. The number of nitrogens with zero attached hydrogens (tertiary/aromatic N) is 6. The Morgan fingerprint density at radius 3 is 1.90 bits per heavy atom. The quantitative estimate of drug-likeness (QED) is 0.135. The summed E-state index contributed by atoms with van der Waals surface area (Å²) in [5, 5.41) is 2.22. The third-order valence-electron chi connectivity index (χ3n) is 15.5. The molecular formula is C70H55N6OPt-3. The number of para-hydroxylation sites is 1. The molecule has 2 aliphatic heterocycles. The Kier molecular flexibility index (Phi) is 12.5. The van der Waals surface area contributed by atoms with E-state index in [1.165, 1.54) is 16.7 Å². The van der Waals surface area contributed by atoms with Crippen molar-refractivity contribution in [3.05, 3.63) is 242 Å². The smallest absolute Gasteiger partial charge is 0.135 e. The van der Waals surface area contributed by atoms with Crippen molar-refractivity contribution >= 4 is 55.6 Å². The standard InChI is InChI=1S/C70H55N6O.Pt/c1-46-38-68(71-44-60(46)57-29-15-14-28-54(57)47-20-8-5-9-21-47)76-62-36-33-50(70(2,3)4)39-59(62)58-35-34-53(41-63(58)76)77-52-27-18-26-51(40-52)74-45-75(66-43-64-61(42-65(66)74)72-67-32-16-17-37-73(64)67)69-55(48-22-10-6-11-23-48)30-19-31-56(69)49-24-12-7-13-25-49;/h5-15,18-31,33-36,38-39,42-45H,16-17,32,37H2,1-4H3;/q-3;. The summed E-state index contributed by atoms with van der Waals surface area (Å²) in [4.78, 5) is 15.1. The second-order valence-electron chi connectivity index (χ2n) is 21.4. The molecule has 0 bridgehead atoms. The van der Waals surface area contributed by atoms with Gasteiger partial charge in [0.25, 0.3) is 0 Å². The van der Waals surface area contributed by atoms with Crippen LogP contribution >= 0.6 is 0 Å². The number of fused-ring (bicyclic) bond motifs is 7. The van der Waals surface area contributed by atoms with Gasteiger partial charge in [0.05, 0.1) is 11.0 Å². The molecule has 0 N–H and O–H groups in total. The summed E-state index contributed by atoms with van der Waals surface area (Å²) in [6.45, 7) is 12.2. The molecule has 12 aromatic rings. The first kappa shape index (κ1) is 49.1. The van der Waals surface area contributed by atoms with Gasteiger partial charge in [-0.05, 0) is 93.8 Å². The Balaban J connectivity index is 0.00000579. The Hall–Kier alpha value is -8.51. The van der Waals surface area contributed by atoms with E-state index in [4.69, 9.17) is 14.7 Å². The molecule has 0 radical (unpaired) electrons. The number of aromatic nitrogens is 4. The SMILES string of the molecule is Cc1cc(-n2c3[c-]c(Oc4[c-]c(N5[CH-]N(c6c(-c7ccccc7)cccc6-c6ccccc6)c6cc7c(cc65)nc5n7CCCC5)ccc4)ccc3c3cc(C(C)(C)C)ccc32)ncc1-c1ccccc1-c1ccccc1.[Pt]. The maximum Gasteiger partial charge on any atom is 0.135 e. The van der Waals surface area contributed by atoms with E-state index in [1.54, 1.807) is 0 Å².